The summed E-state index contributed by atoms with van der Waals surface area (Å²) in [4.78, 5) is 47.0. The van der Waals surface area contributed by atoms with Crippen molar-refractivity contribution < 1.29 is 42.9 Å². The van der Waals surface area contributed by atoms with Crippen LogP contribution in [0, 0.1) is 0 Å². The van der Waals surface area contributed by atoms with Gasteiger partial charge in [-0.1, -0.05) is 17.3 Å². The molecular formula is C20H23N3O9. The number of hydrogen-bond donors (Lipinski definition) is 0. The molecule has 0 amide bonds. The van der Waals surface area contributed by atoms with E-state index in [2.05, 4.69) is 10.3 Å². The Morgan fingerprint density at radius 2 is 1.47 bits per heavy atom. The monoisotopic (exact) mass is 449 g/mol. The summed E-state index contributed by atoms with van der Waals surface area (Å²) in [6.45, 7) is 4.38. The van der Waals surface area contributed by atoms with Gasteiger partial charge in [0.25, 0.3) is 0 Å². The van der Waals surface area contributed by atoms with E-state index in [-0.39, 0.29) is 6.61 Å². The Morgan fingerprint density at radius 3 is 2.09 bits per heavy atom. The van der Waals surface area contributed by atoms with E-state index in [1.54, 1.807) is 24.3 Å². The summed E-state index contributed by atoms with van der Waals surface area (Å²) in [5.74, 6) is -2.69. The fraction of sp³-hybridized carbons (Fsp3) is 0.500. The maximum Gasteiger partial charge on any atom is 0.303 e. The molecule has 1 aromatic heterocycles. The third kappa shape index (κ3) is 5.19. The molecule has 1 aliphatic rings. The number of ether oxygens (including phenoxy) is 5. The Hall–Kier alpha value is -3.54. The Kier molecular flexibility index (Phi) is 7.03. The number of carbonyl (C=O) groups is 4. The molecule has 0 aliphatic carbocycles. The van der Waals surface area contributed by atoms with Gasteiger partial charge in [0.15, 0.2) is 24.5 Å². The van der Waals surface area contributed by atoms with Gasteiger partial charge in [-0.15, -0.1) is 5.10 Å². The zero-order valence-corrected chi connectivity index (χ0v) is 17.9. The van der Waals surface area contributed by atoms with Crippen molar-refractivity contribution in [3.8, 4) is 0 Å². The number of fused-ring (bicyclic) bond motifs is 1. The summed E-state index contributed by atoms with van der Waals surface area (Å²) < 4.78 is 28.7. The van der Waals surface area contributed by atoms with Gasteiger partial charge in [-0.05, 0) is 12.1 Å². The molecule has 0 saturated carbocycles. The first-order valence-electron chi connectivity index (χ1n) is 9.77. The van der Waals surface area contributed by atoms with Crippen LogP contribution in [-0.4, -0.2) is 69.9 Å². The molecule has 5 atom stereocenters. The highest BCUT2D eigenvalue weighted by molar-refractivity contribution is 5.74. The van der Waals surface area contributed by atoms with Crippen molar-refractivity contribution in [2.45, 2.75) is 58.3 Å². The third-order valence-electron chi connectivity index (χ3n) is 4.58. The maximum atomic E-state index is 11.9. The lowest BCUT2D eigenvalue weighted by molar-refractivity contribution is -0.269. The quantitative estimate of drug-likeness (QED) is 0.453. The topological polar surface area (TPSA) is 145 Å². The van der Waals surface area contributed by atoms with Crippen LogP contribution in [-0.2, 0) is 42.9 Å². The molecule has 0 bridgehead atoms. The summed E-state index contributed by atoms with van der Waals surface area (Å²) in [5.41, 5.74) is 1.09. The minimum Gasteiger partial charge on any atom is -0.463 e. The van der Waals surface area contributed by atoms with Crippen LogP contribution in [0.3, 0.4) is 0 Å². The summed E-state index contributed by atoms with van der Waals surface area (Å²) >= 11 is 0. The average molecular weight is 449 g/mol. The molecule has 32 heavy (non-hydrogen) atoms. The Balaban J connectivity index is 2.10. The summed E-state index contributed by atoms with van der Waals surface area (Å²) in [6, 6.07) is 6.98. The number of carbonyl (C=O) groups excluding carboxylic acids is 4. The van der Waals surface area contributed by atoms with Crippen LogP contribution >= 0.6 is 0 Å². The van der Waals surface area contributed by atoms with Gasteiger partial charge in [0.2, 0.25) is 0 Å². The molecule has 0 unspecified atom stereocenters. The first-order chi connectivity index (χ1) is 15.2. The number of para-hydroxylation sites is 1. The smallest absolute Gasteiger partial charge is 0.303 e. The normalized spacial score (nSPS) is 25.1. The van der Waals surface area contributed by atoms with Crippen LogP contribution in [0.5, 0.6) is 0 Å². The van der Waals surface area contributed by atoms with E-state index in [0.717, 1.165) is 13.8 Å². The molecule has 1 aromatic carbocycles. The molecule has 1 saturated heterocycles. The number of rotatable bonds is 6. The molecule has 3 rings (SSSR count). The van der Waals surface area contributed by atoms with Gasteiger partial charge >= 0.3 is 23.9 Å². The van der Waals surface area contributed by atoms with Gasteiger partial charge in [0.05, 0.1) is 5.52 Å². The Morgan fingerprint density at radius 1 is 0.875 bits per heavy atom. The van der Waals surface area contributed by atoms with Crippen molar-refractivity contribution in [1.82, 2.24) is 15.0 Å². The van der Waals surface area contributed by atoms with Crippen LogP contribution < -0.4 is 0 Å². The van der Waals surface area contributed by atoms with Crippen molar-refractivity contribution >= 4 is 34.9 Å². The van der Waals surface area contributed by atoms with Crippen molar-refractivity contribution in [1.29, 1.82) is 0 Å². The van der Waals surface area contributed by atoms with Crippen molar-refractivity contribution in [3.63, 3.8) is 0 Å². The van der Waals surface area contributed by atoms with Crippen LogP contribution in [0.15, 0.2) is 24.3 Å². The zero-order valence-electron chi connectivity index (χ0n) is 17.9. The van der Waals surface area contributed by atoms with Crippen LogP contribution in [0.2, 0.25) is 0 Å². The van der Waals surface area contributed by atoms with Gasteiger partial charge in [0, 0.05) is 27.7 Å². The highest BCUT2D eigenvalue weighted by atomic mass is 16.7. The second-order valence-corrected chi connectivity index (χ2v) is 7.11. The lowest BCUT2D eigenvalue weighted by atomic mass is 9.97. The van der Waals surface area contributed by atoms with Crippen molar-refractivity contribution in [2.24, 2.45) is 0 Å². The molecule has 1 fully saturated rings. The molecule has 12 heteroatoms. The first-order valence-corrected chi connectivity index (χ1v) is 9.77. The largest absolute Gasteiger partial charge is 0.463 e. The summed E-state index contributed by atoms with van der Waals surface area (Å²) in [5, 5.41) is 8.17. The van der Waals surface area contributed by atoms with Gasteiger partial charge in [0.1, 0.15) is 18.2 Å². The molecule has 172 valence electrons. The van der Waals surface area contributed by atoms with Crippen molar-refractivity contribution in [2.75, 3.05) is 6.61 Å². The Labute approximate surface area is 182 Å². The van der Waals surface area contributed by atoms with Gasteiger partial charge in [-0.25, -0.2) is 4.68 Å². The van der Waals surface area contributed by atoms with E-state index in [4.69, 9.17) is 23.7 Å². The zero-order chi connectivity index (χ0) is 23.4. The number of aromatic nitrogens is 3. The van der Waals surface area contributed by atoms with Crippen LogP contribution in [0.1, 0.15) is 33.9 Å². The highest BCUT2D eigenvalue weighted by Crippen LogP contribution is 2.35. The van der Waals surface area contributed by atoms with E-state index < -0.39 is 54.5 Å². The van der Waals surface area contributed by atoms with Gasteiger partial charge in [-0.3, -0.25) is 19.2 Å². The van der Waals surface area contributed by atoms with Gasteiger partial charge in [-0.2, -0.15) is 0 Å². The van der Waals surface area contributed by atoms with E-state index >= 15 is 0 Å². The lowest BCUT2D eigenvalue weighted by Crippen LogP contribution is -2.60. The molecule has 2 aromatic rings. The predicted octanol–water partition coefficient (Wildman–Crippen LogP) is 0.687. The summed E-state index contributed by atoms with van der Waals surface area (Å²) in [6.07, 6.45) is -5.96. The van der Waals surface area contributed by atoms with Crippen LogP contribution in [0.4, 0.5) is 0 Å². The fourth-order valence-electron chi connectivity index (χ4n) is 3.48. The SMILES string of the molecule is CC(=O)OC[C@H]1O[C@@H](n2nnc3ccccc32)[C@@H](OC(C)=O)[C@@H](OC(C)=O)[C@@H]1OC(C)=O. The number of hydrogen-bond acceptors (Lipinski definition) is 11. The third-order valence-corrected chi connectivity index (χ3v) is 4.58. The van der Waals surface area contributed by atoms with Crippen molar-refractivity contribution in [3.05, 3.63) is 24.3 Å². The summed E-state index contributed by atoms with van der Waals surface area (Å²) in [7, 11) is 0. The fourth-order valence-corrected chi connectivity index (χ4v) is 3.48. The number of esters is 4. The second kappa shape index (κ2) is 9.73. The molecule has 12 nitrogen and oxygen atoms in total. The second-order valence-electron chi connectivity index (χ2n) is 7.11. The number of benzene rings is 1. The molecule has 1 aliphatic heterocycles. The molecular weight excluding hydrogens is 426 g/mol. The van der Waals surface area contributed by atoms with E-state index in [1.165, 1.54) is 18.5 Å². The molecule has 0 N–H and O–H groups in total. The Bertz CT molecular complexity index is 1020. The standard InChI is InChI=1S/C20H23N3O9/c1-10(24)28-9-16-17(29-11(2)25)18(30-12(3)26)19(31-13(4)27)20(32-16)23-15-8-6-5-7-14(15)21-22-23/h5-8,16-20H,9H2,1-4H3/t16-,17-,18+,19+,20-/m1/s1. The maximum absolute atomic E-state index is 11.9. The van der Waals surface area contributed by atoms with Gasteiger partial charge < -0.3 is 23.7 Å². The minimum atomic E-state index is -1.28. The first kappa shape index (κ1) is 23.1. The highest BCUT2D eigenvalue weighted by Gasteiger charge is 2.53. The lowest BCUT2D eigenvalue weighted by Gasteiger charge is -2.44. The van der Waals surface area contributed by atoms with Crippen LogP contribution in [0.25, 0.3) is 11.0 Å². The molecule has 0 radical (unpaired) electrons. The van der Waals surface area contributed by atoms with E-state index in [9.17, 15) is 19.2 Å². The average Bonchev–Trinajstić information content (AvgIpc) is 3.12. The molecule has 2 heterocycles. The minimum absolute atomic E-state index is 0.318. The van der Waals surface area contributed by atoms with E-state index in [1.807, 2.05) is 0 Å². The number of nitrogens with zero attached hydrogens (tertiary/aromatic N) is 3. The predicted molar refractivity (Wildman–Crippen MR) is 105 cm³/mol. The van der Waals surface area contributed by atoms with E-state index in [0.29, 0.717) is 11.0 Å². The molecule has 0 spiro atoms.